The van der Waals surface area contributed by atoms with Gasteiger partial charge in [0.25, 0.3) is 0 Å². The molecule has 0 bridgehead atoms. The molecule has 0 N–H and O–H groups in total. The van der Waals surface area contributed by atoms with Crippen molar-refractivity contribution in [1.82, 2.24) is 4.98 Å². The van der Waals surface area contributed by atoms with E-state index in [2.05, 4.69) is 35.7 Å². The third kappa shape index (κ3) is 2.35. The Morgan fingerprint density at radius 3 is 2.95 bits per heavy atom. The van der Waals surface area contributed by atoms with E-state index in [0.29, 0.717) is 9.99 Å². The van der Waals surface area contributed by atoms with Gasteiger partial charge in [-0.15, -0.1) is 0 Å². The lowest BCUT2D eigenvalue weighted by atomic mass is 10.1. The monoisotopic (exact) mass is 324 g/mol. The fourth-order valence-electron chi connectivity index (χ4n) is 1.62. The van der Waals surface area contributed by atoms with E-state index in [1.807, 2.05) is 0 Å². The molecule has 8 heteroatoms. The van der Waals surface area contributed by atoms with Crippen LogP contribution in [-0.2, 0) is 4.74 Å². The van der Waals surface area contributed by atoms with Crippen LogP contribution in [0, 0.1) is 5.82 Å². The van der Waals surface area contributed by atoms with Gasteiger partial charge in [0.05, 0.1) is 23.9 Å². The number of carbonyl (C=O) groups excluding carboxylic acids is 1. The van der Waals surface area contributed by atoms with E-state index in [9.17, 15) is 9.18 Å². The van der Waals surface area contributed by atoms with Crippen LogP contribution in [0.5, 0.6) is 0 Å². The number of hydrogen-bond donors (Lipinski definition) is 0. The van der Waals surface area contributed by atoms with Crippen LogP contribution in [0.2, 0.25) is 0 Å². The molecule has 0 aliphatic carbocycles. The summed E-state index contributed by atoms with van der Waals surface area (Å²) in [5, 5.41) is 3.67. The second-order valence-corrected chi connectivity index (χ2v) is 4.34. The standard InChI is InChI=1S/C11H6BrFN4O2/c1-19-11(18)7-4-15-10-6(9(7)16-17-14)2-5(13)3-8(10)12/h2-4H,1H3. The minimum absolute atomic E-state index is 0.0143. The smallest absolute Gasteiger partial charge is 0.339 e. The van der Waals surface area contributed by atoms with Crippen molar-refractivity contribution in [2.45, 2.75) is 0 Å². The molecule has 0 aliphatic rings. The SMILES string of the molecule is COC(=O)c1cnc2c(Br)cc(F)cc2c1N=[N+]=[N-]. The summed E-state index contributed by atoms with van der Waals surface area (Å²) >= 11 is 3.16. The highest BCUT2D eigenvalue weighted by molar-refractivity contribution is 9.10. The highest BCUT2D eigenvalue weighted by Crippen LogP contribution is 2.33. The predicted octanol–water partition coefficient (Wildman–Crippen LogP) is 3.86. The van der Waals surface area contributed by atoms with Gasteiger partial charge in [-0.25, -0.2) is 9.18 Å². The van der Waals surface area contributed by atoms with Gasteiger partial charge < -0.3 is 4.74 Å². The Hall–Kier alpha value is -2.18. The summed E-state index contributed by atoms with van der Waals surface area (Å²) in [5.74, 6) is -1.25. The van der Waals surface area contributed by atoms with Gasteiger partial charge in [-0.1, -0.05) is 5.11 Å². The summed E-state index contributed by atoms with van der Waals surface area (Å²) in [5.41, 5.74) is 8.93. The average molecular weight is 325 g/mol. The second-order valence-electron chi connectivity index (χ2n) is 3.49. The Morgan fingerprint density at radius 2 is 2.32 bits per heavy atom. The van der Waals surface area contributed by atoms with E-state index < -0.39 is 11.8 Å². The molecule has 0 saturated heterocycles. The van der Waals surface area contributed by atoms with Gasteiger partial charge in [-0.2, -0.15) is 0 Å². The molecule has 96 valence electrons. The molecule has 1 aromatic carbocycles. The van der Waals surface area contributed by atoms with Crippen LogP contribution in [0.3, 0.4) is 0 Å². The number of methoxy groups -OCH3 is 1. The first-order chi connectivity index (χ1) is 9.08. The van der Waals surface area contributed by atoms with E-state index >= 15 is 0 Å². The minimum Gasteiger partial charge on any atom is -0.465 e. The van der Waals surface area contributed by atoms with Crippen molar-refractivity contribution in [1.29, 1.82) is 0 Å². The predicted molar refractivity (Wildman–Crippen MR) is 69.5 cm³/mol. The first kappa shape index (κ1) is 13.3. The third-order valence-corrected chi connectivity index (χ3v) is 3.02. The van der Waals surface area contributed by atoms with Gasteiger partial charge >= 0.3 is 5.97 Å². The number of rotatable bonds is 2. The van der Waals surface area contributed by atoms with Crippen molar-refractivity contribution in [2.24, 2.45) is 5.11 Å². The first-order valence-electron chi connectivity index (χ1n) is 4.99. The lowest BCUT2D eigenvalue weighted by Gasteiger charge is -2.08. The molecule has 6 nitrogen and oxygen atoms in total. The van der Waals surface area contributed by atoms with E-state index in [1.54, 1.807) is 0 Å². The number of fused-ring (bicyclic) bond motifs is 1. The Kier molecular flexibility index (Phi) is 3.64. The number of halogens is 2. The number of ether oxygens (including phenoxy) is 1. The third-order valence-electron chi connectivity index (χ3n) is 2.41. The molecule has 0 radical (unpaired) electrons. The lowest BCUT2D eigenvalue weighted by molar-refractivity contribution is 0.0601. The number of benzene rings is 1. The van der Waals surface area contributed by atoms with E-state index in [0.717, 1.165) is 6.07 Å². The summed E-state index contributed by atoms with van der Waals surface area (Å²) in [6.45, 7) is 0. The highest BCUT2D eigenvalue weighted by Gasteiger charge is 2.16. The quantitative estimate of drug-likeness (QED) is 0.363. The number of pyridine rings is 1. The zero-order valence-electron chi connectivity index (χ0n) is 9.59. The molecular weight excluding hydrogens is 319 g/mol. The van der Waals surface area contributed by atoms with Gasteiger partial charge in [-0.05, 0) is 33.6 Å². The Labute approximate surface area is 115 Å². The van der Waals surface area contributed by atoms with Gasteiger partial charge in [0, 0.05) is 21.0 Å². The van der Waals surface area contributed by atoms with Crippen LogP contribution in [-0.4, -0.2) is 18.1 Å². The summed E-state index contributed by atoms with van der Waals surface area (Å²) in [6, 6.07) is 2.37. The van der Waals surface area contributed by atoms with Crippen molar-refractivity contribution >= 4 is 38.5 Å². The van der Waals surface area contributed by atoms with Crippen molar-refractivity contribution < 1.29 is 13.9 Å². The van der Waals surface area contributed by atoms with Crippen molar-refractivity contribution in [3.05, 3.63) is 44.6 Å². The average Bonchev–Trinajstić information content (AvgIpc) is 2.38. The molecule has 2 aromatic rings. The summed E-state index contributed by atoms with van der Waals surface area (Å²) in [7, 11) is 1.19. The Morgan fingerprint density at radius 1 is 1.58 bits per heavy atom. The van der Waals surface area contributed by atoms with Gasteiger partial charge in [-0.3, -0.25) is 4.98 Å². The highest BCUT2D eigenvalue weighted by atomic mass is 79.9. The topological polar surface area (TPSA) is 88.0 Å². The number of esters is 1. The number of azide groups is 1. The second kappa shape index (κ2) is 5.21. The molecule has 19 heavy (non-hydrogen) atoms. The minimum atomic E-state index is -0.711. The fourth-order valence-corrected chi connectivity index (χ4v) is 2.16. The summed E-state index contributed by atoms with van der Waals surface area (Å²) < 4.78 is 18.4. The normalized spacial score (nSPS) is 10.1. The molecule has 1 aromatic heterocycles. The van der Waals surface area contributed by atoms with Crippen LogP contribution in [0.4, 0.5) is 10.1 Å². The van der Waals surface area contributed by atoms with Gasteiger partial charge in [0.2, 0.25) is 0 Å². The van der Waals surface area contributed by atoms with Gasteiger partial charge in [0.1, 0.15) is 5.82 Å². The number of aromatic nitrogens is 1. The van der Waals surface area contributed by atoms with Gasteiger partial charge in [0.15, 0.2) is 0 Å². The zero-order chi connectivity index (χ0) is 14.0. The maximum atomic E-state index is 13.4. The van der Waals surface area contributed by atoms with E-state index in [4.69, 9.17) is 5.53 Å². The number of nitrogens with zero attached hydrogens (tertiary/aromatic N) is 4. The van der Waals surface area contributed by atoms with Crippen molar-refractivity contribution in [3.8, 4) is 0 Å². The first-order valence-corrected chi connectivity index (χ1v) is 5.79. The van der Waals surface area contributed by atoms with Crippen LogP contribution < -0.4 is 0 Å². The number of hydrogen-bond acceptors (Lipinski definition) is 4. The molecular formula is C11H6BrFN4O2. The lowest BCUT2D eigenvalue weighted by Crippen LogP contribution is -2.03. The van der Waals surface area contributed by atoms with Crippen molar-refractivity contribution in [2.75, 3.05) is 7.11 Å². The molecule has 0 saturated carbocycles. The van der Waals surface area contributed by atoms with Crippen LogP contribution in [0.1, 0.15) is 10.4 Å². The van der Waals surface area contributed by atoms with E-state index in [-0.39, 0.29) is 16.6 Å². The van der Waals surface area contributed by atoms with Crippen LogP contribution in [0.15, 0.2) is 27.9 Å². The Balaban J connectivity index is 2.91. The molecule has 0 fully saturated rings. The van der Waals surface area contributed by atoms with E-state index in [1.165, 1.54) is 19.4 Å². The molecule has 0 spiro atoms. The van der Waals surface area contributed by atoms with Crippen molar-refractivity contribution in [3.63, 3.8) is 0 Å². The zero-order valence-corrected chi connectivity index (χ0v) is 11.2. The molecule has 0 aliphatic heterocycles. The molecule has 0 atom stereocenters. The molecule has 1 heterocycles. The molecule has 2 rings (SSSR count). The number of carbonyl (C=O) groups is 1. The summed E-state index contributed by atoms with van der Waals surface area (Å²) in [4.78, 5) is 18.3. The molecule has 0 amide bonds. The summed E-state index contributed by atoms with van der Waals surface area (Å²) in [6.07, 6.45) is 1.22. The van der Waals surface area contributed by atoms with Crippen LogP contribution in [0.25, 0.3) is 21.3 Å². The molecule has 0 unspecified atom stereocenters. The maximum Gasteiger partial charge on any atom is 0.339 e. The fraction of sp³-hybridized carbons (Fsp3) is 0.0909. The maximum absolute atomic E-state index is 13.4. The largest absolute Gasteiger partial charge is 0.465 e. The Bertz CT molecular complexity index is 728. The van der Waals surface area contributed by atoms with Crippen LogP contribution >= 0.6 is 15.9 Å².